The maximum Gasteiger partial charge on any atom is 0.514 e. The number of carbonyl (C=O) groups is 1. The Balaban J connectivity index is 1.92. The Morgan fingerprint density at radius 3 is 2.21 bits per heavy atom. The van der Waals surface area contributed by atoms with Crippen LogP contribution in [-0.2, 0) is 4.74 Å². The van der Waals surface area contributed by atoms with Gasteiger partial charge in [-0.15, -0.1) is 0 Å². The van der Waals surface area contributed by atoms with Crippen LogP contribution >= 0.6 is 0 Å². The van der Waals surface area contributed by atoms with Crippen molar-refractivity contribution in [3.8, 4) is 5.75 Å². The average Bonchev–Trinajstić information content (AvgIpc) is 2.55. The van der Waals surface area contributed by atoms with E-state index in [1.165, 1.54) is 12.0 Å². The van der Waals surface area contributed by atoms with Crippen molar-refractivity contribution < 1.29 is 14.3 Å². The van der Waals surface area contributed by atoms with Gasteiger partial charge in [0.05, 0.1) is 0 Å². The van der Waals surface area contributed by atoms with Crippen LogP contribution in [0.25, 0.3) is 0 Å². The molecule has 0 aliphatic heterocycles. The number of benzene rings is 1. The Morgan fingerprint density at radius 1 is 1.00 bits per heavy atom. The molecule has 1 aliphatic carbocycles. The molecule has 134 valence electrons. The monoisotopic (exact) mass is 332 g/mol. The van der Waals surface area contributed by atoms with Crippen LogP contribution < -0.4 is 4.74 Å². The second-order valence-corrected chi connectivity index (χ2v) is 7.80. The molecule has 0 bridgehead atoms. The van der Waals surface area contributed by atoms with E-state index in [0.717, 1.165) is 19.3 Å². The van der Waals surface area contributed by atoms with Crippen LogP contribution in [-0.4, -0.2) is 12.3 Å². The van der Waals surface area contributed by atoms with Gasteiger partial charge >= 0.3 is 6.16 Å². The van der Waals surface area contributed by atoms with Crippen molar-refractivity contribution in [1.29, 1.82) is 0 Å². The first-order chi connectivity index (χ1) is 11.4. The molecule has 1 aromatic carbocycles. The number of ether oxygens (including phenoxy) is 2. The van der Waals surface area contributed by atoms with Crippen LogP contribution in [0.1, 0.15) is 71.8 Å². The van der Waals surface area contributed by atoms with Crippen LogP contribution in [0.4, 0.5) is 4.79 Å². The molecule has 1 aromatic rings. The molecule has 1 saturated carbocycles. The van der Waals surface area contributed by atoms with Crippen LogP contribution in [0.3, 0.4) is 0 Å². The first-order valence-corrected chi connectivity index (χ1v) is 9.37. The molecule has 0 aromatic heterocycles. The second kappa shape index (κ2) is 8.55. The van der Waals surface area contributed by atoms with Gasteiger partial charge in [0.15, 0.2) is 0 Å². The zero-order chi connectivity index (χ0) is 17.7. The molecule has 24 heavy (non-hydrogen) atoms. The Hall–Kier alpha value is -1.51. The Labute approximate surface area is 146 Å². The predicted molar refractivity (Wildman–Crippen MR) is 97.4 cm³/mol. The highest BCUT2D eigenvalue weighted by molar-refractivity contribution is 5.64. The normalized spacial score (nSPS) is 22.5. The van der Waals surface area contributed by atoms with Gasteiger partial charge in [0, 0.05) is 0 Å². The van der Waals surface area contributed by atoms with Crippen LogP contribution in [0.2, 0.25) is 0 Å². The van der Waals surface area contributed by atoms with Gasteiger partial charge in [-0.25, -0.2) is 4.79 Å². The lowest BCUT2D eigenvalue weighted by atomic mass is 9.79. The summed E-state index contributed by atoms with van der Waals surface area (Å²) in [5.41, 5.74) is 1.26. The number of carbonyl (C=O) groups excluding carboxylic acids is 1. The van der Waals surface area contributed by atoms with E-state index in [9.17, 15) is 4.79 Å². The van der Waals surface area contributed by atoms with E-state index in [1.54, 1.807) is 0 Å². The fourth-order valence-electron chi connectivity index (χ4n) is 3.50. The van der Waals surface area contributed by atoms with Crippen LogP contribution in [0, 0.1) is 17.8 Å². The molecule has 2 rings (SSSR count). The molecule has 0 N–H and O–H groups in total. The standard InChI is InChI=1S/C21H32O3/c1-14(2)16(5)17-10-12-18(13-11-17)23-21(22)24-20-9-7-6-8-19(20)15(3)4/h10-16,19-20H,6-9H2,1-5H3. The van der Waals surface area contributed by atoms with Crippen molar-refractivity contribution in [2.24, 2.45) is 17.8 Å². The van der Waals surface area contributed by atoms with Crippen LogP contribution in [0.5, 0.6) is 5.75 Å². The molecule has 3 atom stereocenters. The van der Waals surface area contributed by atoms with Gasteiger partial charge in [0.2, 0.25) is 0 Å². The van der Waals surface area contributed by atoms with Gasteiger partial charge in [0.1, 0.15) is 11.9 Å². The minimum absolute atomic E-state index is 0.00788. The van der Waals surface area contributed by atoms with E-state index in [4.69, 9.17) is 9.47 Å². The highest BCUT2D eigenvalue weighted by Gasteiger charge is 2.31. The third kappa shape index (κ3) is 4.99. The molecule has 0 amide bonds. The fourth-order valence-corrected chi connectivity index (χ4v) is 3.50. The van der Waals surface area contributed by atoms with Gasteiger partial charge in [-0.1, -0.05) is 53.2 Å². The molecule has 1 aliphatic rings. The number of hydrogen-bond acceptors (Lipinski definition) is 3. The molecule has 3 unspecified atom stereocenters. The van der Waals surface area contributed by atoms with Crippen molar-refractivity contribution in [3.05, 3.63) is 29.8 Å². The molecular formula is C21H32O3. The average molecular weight is 332 g/mol. The molecule has 0 saturated heterocycles. The lowest BCUT2D eigenvalue weighted by Crippen LogP contribution is -2.34. The van der Waals surface area contributed by atoms with Gasteiger partial charge in [-0.05, 0) is 60.6 Å². The third-order valence-electron chi connectivity index (χ3n) is 5.46. The molecule has 0 spiro atoms. The van der Waals surface area contributed by atoms with E-state index in [-0.39, 0.29) is 6.10 Å². The van der Waals surface area contributed by atoms with E-state index in [1.807, 2.05) is 24.3 Å². The zero-order valence-electron chi connectivity index (χ0n) is 15.7. The molecule has 1 fully saturated rings. The van der Waals surface area contributed by atoms with Crippen molar-refractivity contribution in [3.63, 3.8) is 0 Å². The first kappa shape index (κ1) is 18.8. The number of hydrogen-bond donors (Lipinski definition) is 0. The zero-order valence-corrected chi connectivity index (χ0v) is 15.7. The molecule has 0 radical (unpaired) electrons. The summed E-state index contributed by atoms with van der Waals surface area (Å²) in [6, 6.07) is 7.78. The van der Waals surface area contributed by atoms with Gasteiger partial charge in [-0.3, -0.25) is 0 Å². The van der Waals surface area contributed by atoms with Crippen LogP contribution in [0.15, 0.2) is 24.3 Å². The Kier molecular flexibility index (Phi) is 6.70. The van der Waals surface area contributed by atoms with Gasteiger partial charge in [0.25, 0.3) is 0 Å². The van der Waals surface area contributed by atoms with Gasteiger partial charge < -0.3 is 9.47 Å². The summed E-state index contributed by atoms with van der Waals surface area (Å²) in [7, 11) is 0. The minimum atomic E-state index is -0.572. The highest BCUT2D eigenvalue weighted by Crippen LogP contribution is 2.32. The molecule has 3 heteroatoms. The largest absolute Gasteiger partial charge is 0.514 e. The highest BCUT2D eigenvalue weighted by atomic mass is 16.7. The van der Waals surface area contributed by atoms with Crippen molar-refractivity contribution in [2.45, 2.75) is 72.3 Å². The van der Waals surface area contributed by atoms with Crippen molar-refractivity contribution in [2.75, 3.05) is 0 Å². The summed E-state index contributed by atoms with van der Waals surface area (Å²) in [5.74, 6) is 2.60. The maximum atomic E-state index is 12.1. The lowest BCUT2D eigenvalue weighted by molar-refractivity contribution is -0.00202. The quantitative estimate of drug-likeness (QED) is 0.477. The summed E-state index contributed by atoms with van der Waals surface area (Å²) < 4.78 is 11.0. The summed E-state index contributed by atoms with van der Waals surface area (Å²) >= 11 is 0. The molecular weight excluding hydrogens is 300 g/mol. The molecule has 0 heterocycles. The van der Waals surface area contributed by atoms with E-state index in [0.29, 0.717) is 29.4 Å². The molecule has 3 nitrogen and oxygen atoms in total. The third-order valence-corrected chi connectivity index (χ3v) is 5.46. The minimum Gasteiger partial charge on any atom is -0.430 e. The number of rotatable bonds is 5. The summed E-state index contributed by atoms with van der Waals surface area (Å²) in [5, 5.41) is 0. The lowest BCUT2D eigenvalue weighted by Gasteiger charge is -2.33. The van der Waals surface area contributed by atoms with Crippen molar-refractivity contribution in [1.82, 2.24) is 0 Å². The Bertz CT molecular complexity index is 518. The maximum absolute atomic E-state index is 12.1. The summed E-state index contributed by atoms with van der Waals surface area (Å²) in [6.07, 6.45) is 3.86. The van der Waals surface area contributed by atoms with E-state index >= 15 is 0 Å². The smallest absolute Gasteiger partial charge is 0.430 e. The van der Waals surface area contributed by atoms with Gasteiger partial charge in [-0.2, -0.15) is 0 Å². The predicted octanol–water partition coefficient (Wildman–Crippen LogP) is 6.18. The second-order valence-electron chi connectivity index (χ2n) is 7.80. The Morgan fingerprint density at radius 2 is 1.62 bits per heavy atom. The van der Waals surface area contributed by atoms with E-state index < -0.39 is 6.16 Å². The summed E-state index contributed by atoms with van der Waals surface area (Å²) in [6.45, 7) is 11.0. The fraction of sp³-hybridized carbons (Fsp3) is 0.667. The SMILES string of the molecule is CC(C)C(C)c1ccc(OC(=O)OC2CCCCC2C(C)C)cc1. The first-order valence-electron chi connectivity index (χ1n) is 9.37. The van der Waals surface area contributed by atoms with Crippen molar-refractivity contribution >= 4 is 6.16 Å². The topological polar surface area (TPSA) is 35.5 Å². The van der Waals surface area contributed by atoms with E-state index in [2.05, 4.69) is 34.6 Å². The summed E-state index contributed by atoms with van der Waals surface area (Å²) in [4.78, 5) is 12.1.